The maximum absolute atomic E-state index is 13.0. The topological polar surface area (TPSA) is 97.0 Å². The van der Waals surface area contributed by atoms with Crippen LogP contribution in [0.25, 0.3) is 10.4 Å². The minimum absolute atomic E-state index is 0.0863. The van der Waals surface area contributed by atoms with Crippen LogP contribution in [0.3, 0.4) is 0 Å². The number of nitrogens with one attached hydrogen (secondary N) is 2. The number of hydrogen-bond acceptors (Lipinski definition) is 7. The van der Waals surface area contributed by atoms with E-state index >= 15 is 0 Å². The van der Waals surface area contributed by atoms with Gasteiger partial charge in [0.05, 0.1) is 6.54 Å². The van der Waals surface area contributed by atoms with E-state index in [4.69, 9.17) is 10.8 Å². The molecule has 0 radical (unpaired) electrons. The van der Waals surface area contributed by atoms with Crippen molar-refractivity contribution in [1.82, 2.24) is 19.2 Å². The zero-order chi connectivity index (χ0) is 21.5. The van der Waals surface area contributed by atoms with Crippen LogP contribution in [-0.2, 0) is 0 Å². The number of rotatable bonds is 4. The summed E-state index contributed by atoms with van der Waals surface area (Å²) < 4.78 is 4.36. The summed E-state index contributed by atoms with van der Waals surface area (Å²) in [5.41, 5.74) is 1.72. The molecule has 0 unspecified atom stereocenters. The van der Waals surface area contributed by atoms with Gasteiger partial charge in [-0.25, -0.2) is 4.98 Å². The van der Waals surface area contributed by atoms with Crippen molar-refractivity contribution in [2.45, 2.75) is 25.7 Å². The lowest BCUT2D eigenvalue weighted by Crippen LogP contribution is -2.53. The molecule has 1 aliphatic carbocycles. The molecule has 2 aliphatic rings. The summed E-state index contributed by atoms with van der Waals surface area (Å²) in [5, 5.41) is 17.4. The summed E-state index contributed by atoms with van der Waals surface area (Å²) in [6.07, 6.45) is 2.24. The van der Waals surface area contributed by atoms with Crippen LogP contribution in [0, 0.1) is 17.7 Å². The summed E-state index contributed by atoms with van der Waals surface area (Å²) in [6.45, 7) is 3.14. The van der Waals surface area contributed by atoms with Crippen molar-refractivity contribution in [3.63, 3.8) is 0 Å². The fourth-order valence-corrected chi connectivity index (χ4v) is 5.20. The van der Waals surface area contributed by atoms with E-state index in [0.29, 0.717) is 29.6 Å². The summed E-state index contributed by atoms with van der Waals surface area (Å²) >= 11 is 2.96. The highest BCUT2D eigenvalue weighted by Crippen LogP contribution is 2.38. The second-order valence-electron chi connectivity index (χ2n) is 7.89. The Morgan fingerprint density at radius 1 is 1.13 bits per heavy atom. The van der Waals surface area contributed by atoms with E-state index in [1.807, 2.05) is 24.3 Å². The van der Waals surface area contributed by atoms with Gasteiger partial charge in [0.2, 0.25) is 0 Å². The molecule has 3 heterocycles. The third-order valence-electron chi connectivity index (χ3n) is 5.56. The van der Waals surface area contributed by atoms with E-state index in [2.05, 4.69) is 28.4 Å². The third-order valence-corrected chi connectivity index (χ3v) is 7.35. The molecule has 5 rings (SSSR count). The predicted molar refractivity (Wildman–Crippen MR) is 124 cm³/mol. The number of amides is 1. The van der Waals surface area contributed by atoms with Crippen molar-refractivity contribution < 1.29 is 4.79 Å². The van der Waals surface area contributed by atoms with Crippen LogP contribution in [0.15, 0.2) is 36.4 Å². The lowest BCUT2D eigenvalue weighted by atomic mass is 10.1. The molecular formula is C22H22N6OS2. The van der Waals surface area contributed by atoms with Crippen LogP contribution in [0.1, 0.15) is 44.8 Å². The SMILES string of the molecule is Cc1ccc(-c2ccc(C(=O)N3CCN(C(=N)c4nc(C5CC5)ns4)C(=N)C3)cc2)s1. The highest BCUT2D eigenvalue weighted by molar-refractivity contribution is 7.15. The first-order chi connectivity index (χ1) is 15.0. The Hall–Kier alpha value is -2.91. The van der Waals surface area contributed by atoms with Crippen LogP contribution >= 0.6 is 22.9 Å². The van der Waals surface area contributed by atoms with Crippen molar-refractivity contribution in [3.05, 3.63) is 57.7 Å². The molecule has 1 saturated carbocycles. The Kier molecular flexibility index (Phi) is 5.15. The van der Waals surface area contributed by atoms with E-state index in [9.17, 15) is 4.79 Å². The second-order valence-corrected chi connectivity index (χ2v) is 9.93. The van der Waals surface area contributed by atoms with Gasteiger partial charge in [-0.1, -0.05) is 12.1 Å². The molecule has 7 nitrogen and oxygen atoms in total. The van der Waals surface area contributed by atoms with Crippen LogP contribution in [0.5, 0.6) is 0 Å². The number of nitrogens with zero attached hydrogens (tertiary/aromatic N) is 4. The fraction of sp³-hybridized carbons (Fsp3) is 0.318. The van der Waals surface area contributed by atoms with Gasteiger partial charge in [-0.15, -0.1) is 11.3 Å². The molecule has 9 heteroatoms. The Morgan fingerprint density at radius 2 is 1.90 bits per heavy atom. The van der Waals surface area contributed by atoms with E-state index in [-0.39, 0.29) is 24.1 Å². The van der Waals surface area contributed by atoms with Gasteiger partial charge in [-0.3, -0.25) is 15.6 Å². The largest absolute Gasteiger partial charge is 0.329 e. The molecule has 0 atom stereocenters. The molecule has 3 aromatic rings. The average molecular weight is 451 g/mol. The monoisotopic (exact) mass is 450 g/mol. The number of aromatic nitrogens is 2. The first-order valence-corrected chi connectivity index (χ1v) is 11.8. The Labute approximate surface area is 188 Å². The van der Waals surface area contributed by atoms with Gasteiger partial charge < -0.3 is 9.80 Å². The van der Waals surface area contributed by atoms with Crippen molar-refractivity contribution in [3.8, 4) is 10.4 Å². The lowest BCUT2D eigenvalue weighted by Gasteiger charge is -2.35. The van der Waals surface area contributed by atoms with Gasteiger partial charge in [0.15, 0.2) is 10.8 Å². The van der Waals surface area contributed by atoms with Crippen LogP contribution < -0.4 is 0 Å². The molecule has 1 aromatic carbocycles. The summed E-state index contributed by atoms with van der Waals surface area (Å²) in [6, 6.07) is 11.8. The average Bonchev–Trinajstić information content (AvgIpc) is 3.35. The molecule has 1 saturated heterocycles. The molecule has 2 fully saturated rings. The number of amidine groups is 2. The Balaban J connectivity index is 1.23. The number of hydrogen-bond donors (Lipinski definition) is 2. The maximum atomic E-state index is 13.0. The zero-order valence-corrected chi connectivity index (χ0v) is 18.7. The van der Waals surface area contributed by atoms with Crippen molar-refractivity contribution in [2.75, 3.05) is 19.6 Å². The highest BCUT2D eigenvalue weighted by Gasteiger charge is 2.32. The molecule has 2 aromatic heterocycles. The molecule has 0 bridgehead atoms. The first kappa shape index (κ1) is 20.0. The van der Waals surface area contributed by atoms with E-state index in [1.54, 1.807) is 21.1 Å². The van der Waals surface area contributed by atoms with Crippen molar-refractivity contribution >= 4 is 40.4 Å². The van der Waals surface area contributed by atoms with Crippen LogP contribution in [0.2, 0.25) is 0 Å². The van der Waals surface area contributed by atoms with Gasteiger partial charge >= 0.3 is 0 Å². The molecule has 1 aliphatic heterocycles. The van der Waals surface area contributed by atoms with Crippen LogP contribution in [-0.4, -0.2) is 56.4 Å². The molecule has 158 valence electrons. The highest BCUT2D eigenvalue weighted by atomic mass is 32.1. The zero-order valence-electron chi connectivity index (χ0n) is 17.1. The second kappa shape index (κ2) is 7.97. The van der Waals surface area contributed by atoms with Gasteiger partial charge in [-0.2, -0.15) is 4.37 Å². The number of benzene rings is 1. The number of aryl methyl sites for hydroxylation is 1. The normalized spacial score (nSPS) is 16.6. The van der Waals surface area contributed by atoms with Gasteiger partial charge in [0.25, 0.3) is 5.91 Å². The summed E-state index contributed by atoms with van der Waals surface area (Å²) in [5.74, 6) is 1.63. The molecular weight excluding hydrogens is 428 g/mol. The third kappa shape index (κ3) is 4.03. The van der Waals surface area contributed by atoms with E-state index < -0.39 is 0 Å². The molecule has 0 spiro atoms. The number of thiophene rings is 1. The lowest BCUT2D eigenvalue weighted by molar-refractivity contribution is 0.0757. The van der Waals surface area contributed by atoms with Gasteiger partial charge in [0, 0.05) is 34.3 Å². The number of carbonyl (C=O) groups is 1. The van der Waals surface area contributed by atoms with Gasteiger partial charge in [0.1, 0.15) is 11.7 Å². The quantitative estimate of drug-likeness (QED) is 0.460. The molecule has 31 heavy (non-hydrogen) atoms. The molecule has 2 N–H and O–H groups in total. The van der Waals surface area contributed by atoms with Gasteiger partial charge in [-0.05, 0) is 61.1 Å². The predicted octanol–water partition coefficient (Wildman–Crippen LogP) is 4.21. The van der Waals surface area contributed by atoms with E-state index in [1.165, 1.54) is 21.3 Å². The Bertz CT molecular complexity index is 1160. The number of piperazine rings is 1. The first-order valence-electron chi connectivity index (χ1n) is 10.2. The minimum Gasteiger partial charge on any atom is -0.329 e. The van der Waals surface area contributed by atoms with Crippen molar-refractivity contribution in [2.24, 2.45) is 0 Å². The standard InChI is InChI=1S/C22H22N6OS2/c1-13-2-9-17(30-13)14-3-7-16(8-4-14)22(29)27-10-11-28(18(23)12-27)19(24)21-25-20(26-31-21)15-5-6-15/h2-4,7-9,15,23-24H,5-6,10-12H2,1H3. The Morgan fingerprint density at radius 3 is 2.55 bits per heavy atom. The molecule has 1 amide bonds. The number of carbonyl (C=O) groups excluding carboxylic acids is 1. The maximum Gasteiger partial charge on any atom is 0.254 e. The van der Waals surface area contributed by atoms with E-state index in [0.717, 1.165) is 24.2 Å². The summed E-state index contributed by atoms with van der Waals surface area (Å²) in [7, 11) is 0. The minimum atomic E-state index is -0.0863. The smallest absolute Gasteiger partial charge is 0.254 e. The fourth-order valence-electron chi connectivity index (χ4n) is 3.62. The van der Waals surface area contributed by atoms with Crippen LogP contribution in [0.4, 0.5) is 0 Å². The van der Waals surface area contributed by atoms with Crippen molar-refractivity contribution in [1.29, 1.82) is 10.8 Å². The summed E-state index contributed by atoms with van der Waals surface area (Å²) in [4.78, 5) is 23.2.